The first kappa shape index (κ1) is 15.1. The van der Waals surface area contributed by atoms with Crippen molar-refractivity contribution in [3.63, 3.8) is 0 Å². The predicted octanol–water partition coefficient (Wildman–Crippen LogP) is 4.63. The zero-order chi connectivity index (χ0) is 12.5. The number of nitrogens with one attached hydrogen (secondary N) is 1. The summed E-state index contributed by atoms with van der Waals surface area (Å²) in [4.78, 5) is 0. The summed E-state index contributed by atoms with van der Waals surface area (Å²) in [6.45, 7) is 3.36. The van der Waals surface area contributed by atoms with Crippen molar-refractivity contribution in [3.05, 3.63) is 34.3 Å². The van der Waals surface area contributed by atoms with Crippen molar-refractivity contribution in [2.45, 2.75) is 32.2 Å². The van der Waals surface area contributed by atoms with Gasteiger partial charge in [-0.1, -0.05) is 35.0 Å². The summed E-state index contributed by atoms with van der Waals surface area (Å²) >= 11 is 5.41. The van der Waals surface area contributed by atoms with Gasteiger partial charge in [-0.15, -0.1) is 0 Å². The smallest absolute Gasteiger partial charge is 0.0317 e. The first-order chi connectivity index (χ1) is 8.27. The quantitative estimate of drug-likeness (QED) is 0.702. The van der Waals surface area contributed by atoms with Crippen LogP contribution in [0.1, 0.15) is 37.8 Å². The molecule has 1 N–H and O–H groups in total. The molecule has 1 atom stereocenters. The summed E-state index contributed by atoms with van der Waals surface area (Å²) < 4.78 is 1.15. The average Bonchev–Trinajstić information content (AvgIpc) is 2.35. The van der Waals surface area contributed by atoms with E-state index in [-0.39, 0.29) is 0 Å². The molecular weight excluding hydrogens is 294 g/mol. The van der Waals surface area contributed by atoms with E-state index in [0.29, 0.717) is 6.04 Å². The van der Waals surface area contributed by atoms with Gasteiger partial charge >= 0.3 is 0 Å². The summed E-state index contributed by atoms with van der Waals surface area (Å²) in [6, 6.07) is 9.14. The number of thioether (sulfide) groups is 1. The minimum absolute atomic E-state index is 0.498. The van der Waals surface area contributed by atoms with Crippen LogP contribution in [0.4, 0.5) is 0 Å². The van der Waals surface area contributed by atoms with Crippen molar-refractivity contribution < 1.29 is 0 Å². The monoisotopic (exact) mass is 315 g/mol. The minimum atomic E-state index is 0.498. The van der Waals surface area contributed by atoms with E-state index in [0.717, 1.165) is 17.4 Å². The van der Waals surface area contributed by atoms with E-state index >= 15 is 0 Å². The predicted molar refractivity (Wildman–Crippen MR) is 82.8 cm³/mol. The fraction of sp³-hybridized carbons (Fsp3) is 0.571. The normalized spacial score (nSPS) is 12.6. The largest absolute Gasteiger partial charge is 0.310 e. The molecule has 0 amide bonds. The van der Waals surface area contributed by atoms with E-state index in [1.54, 1.807) is 0 Å². The average molecular weight is 316 g/mol. The molecule has 0 saturated carbocycles. The van der Waals surface area contributed by atoms with Crippen molar-refractivity contribution in [2.75, 3.05) is 18.6 Å². The van der Waals surface area contributed by atoms with E-state index < -0.39 is 0 Å². The van der Waals surface area contributed by atoms with Crippen LogP contribution in [0.2, 0.25) is 0 Å². The minimum Gasteiger partial charge on any atom is -0.310 e. The van der Waals surface area contributed by atoms with Gasteiger partial charge in [0.15, 0.2) is 0 Å². The van der Waals surface area contributed by atoms with Gasteiger partial charge in [-0.25, -0.2) is 0 Å². The summed E-state index contributed by atoms with van der Waals surface area (Å²) in [5.41, 5.74) is 1.39. The molecule has 0 aliphatic heterocycles. The molecule has 17 heavy (non-hydrogen) atoms. The molecule has 0 fully saturated rings. The molecule has 1 rings (SSSR count). The highest BCUT2D eigenvalue weighted by molar-refractivity contribution is 9.10. The highest BCUT2D eigenvalue weighted by Gasteiger charge is 2.07. The number of hydrogen-bond acceptors (Lipinski definition) is 2. The van der Waals surface area contributed by atoms with Gasteiger partial charge in [-0.2, -0.15) is 11.8 Å². The van der Waals surface area contributed by atoms with E-state index in [1.165, 1.54) is 24.2 Å². The van der Waals surface area contributed by atoms with Crippen molar-refractivity contribution >= 4 is 27.7 Å². The van der Waals surface area contributed by atoms with E-state index in [1.807, 2.05) is 11.8 Å². The molecule has 3 heteroatoms. The van der Waals surface area contributed by atoms with Gasteiger partial charge in [0, 0.05) is 10.5 Å². The molecule has 0 bridgehead atoms. The Morgan fingerprint density at radius 1 is 1.24 bits per heavy atom. The topological polar surface area (TPSA) is 12.0 Å². The van der Waals surface area contributed by atoms with Gasteiger partial charge in [-0.3, -0.25) is 0 Å². The van der Waals surface area contributed by atoms with Crippen molar-refractivity contribution in [3.8, 4) is 0 Å². The molecule has 1 nitrogen and oxygen atoms in total. The molecule has 0 saturated heterocycles. The van der Waals surface area contributed by atoms with Crippen LogP contribution < -0.4 is 5.32 Å². The standard InChI is InChI=1S/C14H22BrNS/c1-3-14(16-10-4-5-11-17-2)12-6-8-13(15)9-7-12/h6-9,14,16H,3-5,10-11H2,1-2H3. The van der Waals surface area contributed by atoms with Crippen LogP contribution in [-0.4, -0.2) is 18.6 Å². The van der Waals surface area contributed by atoms with Gasteiger partial charge in [0.1, 0.15) is 0 Å². The van der Waals surface area contributed by atoms with Crippen LogP contribution >= 0.6 is 27.7 Å². The summed E-state index contributed by atoms with van der Waals surface area (Å²) in [5, 5.41) is 3.64. The summed E-state index contributed by atoms with van der Waals surface area (Å²) in [5.74, 6) is 1.27. The van der Waals surface area contributed by atoms with Crippen molar-refractivity contribution in [1.29, 1.82) is 0 Å². The second-order valence-electron chi connectivity index (χ2n) is 4.17. The zero-order valence-electron chi connectivity index (χ0n) is 10.7. The lowest BCUT2D eigenvalue weighted by atomic mass is 10.0. The molecule has 96 valence electrons. The number of rotatable bonds is 8. The Hall–Kier alpha value is 0.01000. The molecule has 1 aromatic rings. The highest BCUT2D eigenvalue weighted by atomic mass is 79.9. The van der Waals surface area contributed by atoms with Crippen LogP contribution in [0.25, 0.3) is 0 Å². The van der Waals surface area contributed by atoms with E-state index in [9.17, 15) is 0 Å². The van der Waals surface area contributed by atoms with Crippen LogP contribution in [0, 0.1) is 0 Å². The second-order valence-corrected chi connectivity index (χ2v) is 6.07. The SMILES string of the molecule is CCC(NCCCCSC)c1ccc(Br)cc1. The Morgan fingerprint density at radius 2 is 1.94 bits per heavy atom. The summed E-state index contributed by atoms with van der Waals surface area (Å²) in [7, 11) is 0. The summed E-state index contributed by atoms with van der Waals surface area (Å²) in [6.07, 6.45) is 5.90. The zero-order valence-corrected chi connectivity index (χ0v) is 13.1. The van der Waals surface area contributed by atoms with Gasteiger partial charge in [0.2, 0.25) is 0 Å². The maximum atomic E-state index is 3.64. The molecule has 0 spiro atoms. The Bertz CT molecular complexity index is 300. The number of benzene rings is 1. The third-order valence-corrected chi connectivity index (χ3v) is 4.07. The molecule has 0 heterocycles. The maximum absolute atomic E-state index is 3.64. The second kappa shape index (κ2) is 9.01. The molecular formula is C14H22BrNS. The van der Waals surface area contributed by atoms with Crippen LogP contribution in [0.5, 0.6) is 0 Å². The van der Waals surface area contributed by atoms with Crippen LogP contribution in [0.15, 0.2) is 28.7 Å². The van der Waals surface area contributed by atoms with Gasteiger partial charge in [-0.05, 0) is 55.5 Å². The van der Waals surface area contributed by atoms with E-state index in [2.05, 4.69) is 58.7 Å². The lowest BCUT2D eigenvalue weighted by molar-refractivity contribution is 0.508. The van der Waals surface area contributed by atoms with Crippen molar-refractivity contribution in [2.24, 2.45) is 0 Å². The fourth-order valence-electron chi connectivity index (χ4n) is 1.84. The Labute approximate surface area is 118 Å². The third-order valence-electron chi connectivity index (χ3n) is 2.85. The van der Waals surface area contributed by atoms with Crippen LogP contribution in [-0.2, 0) is 0 Å². The number of hydrogen-bond donors (Lipinski definition) is 1. The molecule has 1 aromatic carbocycles. The number of halogens is 1. The Kier molecular flexibility index (Phi) is 7.99. The molecule has 0 aliphatic carbocycles. The lowest BCUT2D eigenvalue weighted by Crippen LogP contribution is -2.21. The first-order valence-corrected chi connectivity index (χ1v) is 8.44. The first-order valence-electron chi connectivity index (χ1n) is 6.25. The van der Waals surface area contributed by atoms with E-state index in [4.69, 9.17) is 0 Å². The Balaban J connectivity index is 2.35. The molecule has 0 radical (unpaired) electrons. The lowest BCUT2D eigenvalue weighted by Gasteiger charge is -2.17. The van der Waals surface area contributed by atoms with Gasteiger partial charge in [0.05, 0.1) is 0 Å². The maximum Gasteiger partial charge on any atom is 0.0317 e. The number of unbranched alkanes of at least 4 members (excludes halogenated alkanes) is 1. The third kappa shape index (κ3) is 5.94. The molecule has 0 aliphatic rings. The van der Waals surface area contributed by atoms with Gasteiger partial charge < -0.3 is 5.32 Å². The van der Waals surface area contributed by atoms with Crippen molar-refractivity contribution in [1.82, 2.24) is 5.32 Å². The molecule has 1 unspecified atom stereocenters. The van der Waals surface area contributed by atoms with Gasteiger partial charge in [0.25, 0.3) is 0 Å². The highest BCUT2D eigenvalue weighted by Crippen LogP contribution is 2.19. The molecule has 0 aromatic heterocycles. The Morgan fingerprint density at radius 3 is 2.53 bits per heavy atom. The van der Waals surface area contributed by atoms with Crippen LogP contribution in [0.3, 0.4) is 0 Å². The fourth-order valence-corrected chi connectivity index (χ4v) is 2.60.